The highest BCUT2D eigenvalue weighted by Gasteiger charge is 2.14. The first-order chi connectivity index (χ1) is 7.08. The Kier molecular flexibility index (Phi) is 4.27. The smallest absolute Gasteiger partial charge is 0.150 e. The summed E-state index contributed by atoms with van der Waals surface area (Å²) in [7, 11) is 0. The zero-order chi connectivity index (χ0) is 11.4. The third-order valence-electron chi connectivity index (χ3n) is 2.55. The summed E-state index contributed by atoms with van der Waals surface area (Å²) in [6, 6.07) is 0. The first-order valence-corrected chi connectivity index (χ1v) is 5.69. The van der Waals surface area contributed by atoms with Gasteiger partial charge in [-0.3, -0.25) is 0 Å². The van der Waals surface area contributed by atoms with Gasteiger partial charge in [-0.05, 0) is 5.92 Å². The fourth-order valence-electron chi connectivity index (χ4n) is 1.37. The topological polar surface area (TPSA) is 50.9 Å². The van der Waals surface area contributed by atoms with Gasteiger partial charge in [-0.2, -0.15) is 5.10 Å². The van der Waals surface area contributed by atoms with Crippen LogP contribution in [0.5, 0.6) is 0 Å². The van der Waals surface area contributed by atoms with Crippen LogP contribution in [-0.4, -0.2) is 26.0 Å². The van der Waals surface area contributed by atoms with Gasteiger partial charge in [0.05, 0.1) is 12.6 Å². The van der Waals surface area contributed by atoms with E-state index in [2.05, 4.69) is 17.0 Å². The number of rotatable bonds is 5. The van der Waals surface area contributed by atoms with E-state index < -0.39 is 0 Å². The third-order valence-corrected chi connectivity index (χ3v) is 2.55. The van der Waals surface area contributed by atoms with Crippen molar-refractivity contribution in [3.05, 3.63) is 11.6 Å². The van der Waals surface area contributed by atoms with Crippen LogP contribution >= 0.6 is 0 Å². The minimum absolute atomic E-state index is 0.254. The van der Waals surface area contributed by atoms with Crippen molar-refractivity contribution in [1.29, 1.82) is 0 Å². The molecule has 86 valence electrons. The fourth-order valence-corrected chi connectivity index (χ4v) is 1.37. The molecule has 0 aliphatic heterocycles. The summed E-state index contributed by atoms with van der Waals surface area (Å²) in [5.41, 5.74) is 0. The van der Waals surface area contributed by atoms with E-state index in [1.54, 1.807) is 0 Å². The summed E-state index contributed by atoms with van der Waals surface area (Å²) in [6.07, 6.45) is 1.36. The van der Waals surface area contributed by atoms with Crippen molar-refractivity contribution in [3.63, 3.8) is 0 Å². The van der Waals surface area contributed by atoms with E-state index in [0.717, 1.165) is 24.5 Å². The van der Waals surface area contributed by atoms with Gasteiger partial charge in [-0.25, -0.2) is 9.67 Å². The zero-order valence-corrected chi connectivity index (χ0v) is 10.1. The van der Waals surface area contributed by atoms with Crippen molar-refractivity contribution in [3.8, 4) is 0 Å². The molecule has 1 rings (SSSR count). The van der Waals surface area contributed by atoms with Gasteiger partial charge in [0, 0.05) is 12.8 Å². The average Bonchev–Trinajstić information content (AvgIpc) is 2.60. The summed E-state index contributed by atoms with van der Waals surface area (Å²) in [4.78, 5) is 4.40. The predicted molar refractivity (Wildman–Crippen MR) is 59.6 cm³/mol. The molecule has 4 nitrogen and oxygen atoms in total. The van der Waals surface area contributed by atoms with Gasteiger partial charge in [0.1, 0.15) is 5.82 Å². The molecular weight excluding hydrogens is 190 g/mol. The van der Waals surface area contributed by atoms with Gasteiger partial charge in [0.25, 0.3) is 0 Å². The van der Waals surface area contributed by atoms with Crippen molar-refractivity contribution in [2.45, 2.75) is 53.2 Å². The SMILES string of the molecule is CCc1nc(CC)n(CC(O)C(C)C)n1. The monoisotopic (exact) mass is 211 g/mol. The Morgan fingerprint density at radius 2 is 1.93 bits per heavy atom. The first kappa shape index (κ1) is 12.2. The molecule has 1 aromatic heterocycles. The van der Waals surface area contributed by atoms with Crippen LogP contribution in [0.25, 0.3) is 0 Å². The number of aryl methyl sites for hydroxylation is 2. The van der Waals surface area contributed by atoms with Gasteiger partial charge in [-0.1, -0.05) is 27.7 Å². The number of aromatic nitrogens is 3. The van der Waals surface area contributed by atoms with Crippen molar-refractivity contribution < 1.29 is 5.11 Å². The van der Waals surface area contributed by atoms with Gasteiger partial charge >= 0.3 is 0 Å². The lowest BCUT2D eigenvalue weighted by Gasteiger charge is -2.14. The normalized spacial score (nSPS) is 13.5. The molecule has 4 heteroatoms. The molecule has 0 aliphatic rings. The fraction of sp³-hybridized carbons (Fsp3) is 0.818. The second-order valence-corrected chi connectivity index (χ2v) is 4.14. The molecule has 1 atom stereocenters. The highest BCUT2D eigenvalue weighted by atomic mass is 16.3. The summed E-state index contributed by atoms with van der Waals surface area (Å²) in [5.74, 6) is 2.08. The van der Waals surface area contributed by atoms with Crippen LogP contribution in [0.4, 0.5) is 0 Å². The molecule has 0 amide bonds. The molecule has 0 saturated carbocycles. The van der Waals surface area contributed by atoms with E-state index in [4.69, 9.17) is 0 Å². The van der Waals surface area contributed by atoms with Gasteiger partial charge in [-0.15, -0.1) is 0 Å². The average molecular weight is 211 g/mol. The van der Waals surface area contributed by atoms with Crippen LogP contribution in [0.2, 0.25) is 0 Å². The van der Waals surface area contributed by atoms with Gasteiger partial charge in [0.2, 0.25) is 0 Å². The second-order valence-electron chi connectivity index (χ2n) is 4.14. The number of aliphatic hydroxyl groups is 1. The van der Waals surface area contributed by atoms with Crippen molar-refractivity contribution in [1.82, 2.24) is 14.8 Å². The Bertz CT molecular complexity index is 307. The number of hydrogen-bond acceptors (Lipinski definition) is 3. The largest absolute Gasteiger partial charge is 0.391 e. The molecule has 0 fully saturated rings. The zero-order valence-electron chi connectivity index (χ0n) is 10.1. The first-order valence-electron chi connectivity index (χ1n) is 5.69. The molecule has 1 aromatic rings. The lowest BCUT2D eigenvalue weighted by atomic mass is 10.1. The van der Waals surface area contributed by atoms with Crippen molar-refractivity contribution in [2.24, 2.45) is 5.92 Å². The standard InChI is InChI=1S/C11H21N3O/c1-5-10-12-11(6-2)14(13-10)7-9(15)8(3)4/h8-9,15H,5-7H2,1-4H3. The predicted octanol–water partition coefficient (Wildman–Crippen LogP) is 1.42. The maximum Gasteiger partial charge on any atom is 0.150 e. The maximum atomic E-state index is 9.79. The molecule has 1 unspecified atom stereocenters. The lowest BCUT2D eigenvalue weighted by molar-refractivity contribution is 0.102. The van der Waals surface area contributed by atoms with Crippen LogP contribution in [0.3, 0.4) is 0 Å². The second kappa shape index (κ2) is 5.26. The molecule has 0 bridgehead atoms. The van der Waals surface area contributed by atoms with Crippen LogP contribution < -0.4 is 0 Å². The number of hydrogen-bond donors (Lipinski definition) is 1. The molecule has 0 aromatic carbocycles. The molecule has 0 spiro atoms. The highest BCUT2D eigenvalue weighted by molar-refractivity contribution is 4.93. The van der Waals surface area contributed by atoms with E-state index in [9.17, 15) is 5.11 Å². The molecule has 0 radical (unpaired) electrons. The van der Waals surface area contributed by atoms with E-state index in [-0.39, 0.29) is 12.0 Å². The van der Waals surface area contributed by atoms with Crippen LogP contribution in [0, 0.1) is 5.92 Å². The number of nitrogens with zero attached hydrogens (tertiary/aromatic N) is 3. The summed E-state index contributed by atoms with van der Waals surface area (Å²) >= 11 is 0. The summed E-state index contributed by atoms with van der Waals surface area (Å²) in [5, 5.41) is 14.2. The summed E-state index contributed by atoms with van der Waals surface area (Å²) in [6.45, 7) is 8.66. The molecule has 1 N–H and O–H groups in total. The molecule has 0 aliphatic carbocycles. The van der Waals surface area contributed by atoms with Gasteiger partial charge in [0.15, 0.2) is 5.82 Å². The Balaban J connectivity index is 2.78. The minimum atomic E-state index is -0.346. The Morgan fingerprint density at radius 3 is 2.40 bits per heavy atom. The Morgan fingerprint density at radius 1 is 1.27 bits per heavy atom. The molecule has 0 saturated heterocycles. The Labute approximate surface area is 91.3 Å². The minimum Gasteiger partial charge on any atom is -0.391 e. The van der Waals surface area contributed by atoms with E-state index in [1.165, 1.54) is 0 Å². The summed E-state index contributed by atoms with van der Waals surface area (Å²) < 4.78 is 1.84. The third kappa shape index (κ3) is 3.02. The Hall–Kier alpha value is -0.900. The van der Waals surface area contributed by atoms with Crippen molar-refractivity contribution in [2.75, 3.05) is 0 Å². The lowest BCUT2D eigenvalue weighted by Crippen LogP contribution is -2.23. The van der Waals surface area contributed by atoms with Crippen LogP contribution in [-0.2, 0) is 19.4 Å². The molecular formula is C11H21N3O. The van der Waals surface area contributed by atoms with E-state index in [0.29, 0.717) is 6.54 Å². The van der Waals surface area contributed by atoms with E-state index in [1.807, 2.05) is 25.5 Å². The molecule has 15 heavy (non-hydrogen) atoms. The van der Waals surface area contributed by atoms with Crippen LogP contribution in [0.15, 0.2) is 0 Å². The highest BCUT2D eigenvalue weighted by Crippen LogP contribution is 2.07. The quantitative estimate of drug-likeness (QED) is 0.801. The molecule has 1 heterocycles. The van der Waals surface area contributed by atoms with Crippen molar-refractivity contribution >= 4 is 0 Å². The van der Waals surface area contributed by atoms with Crippen LogP contribution in [0.1, 0.15) is 39.3 Å². The maximum absolute atomic E-state index is 9.79. The van der Waals surface area contributed by atoms with E-state index >= 15 is 0 Å². The number of aliphatic hydroxyl groups excluding tert-OH is 1. The van der Waals surface area contributed by atoms with Gasteiger partial charge < -0.3 is 5.11 Å².